The average molecular weight is 125 g/mol. The summed E-state index contributed by atoms with van der Waals surface area (Å²) >= 11 is 0. The second-order valence-electron chi connectivity index (χ2n) is 3.59. The quantitative estimate of drug-likeness (QED) is 0.555. The molecule has 9 heavy (non-hydrogen) atoms. The molecule has 52 valence electrons. The average Bonchev–Trinajstić information content (AvgIpc) is 2.35. The summed E-state index contributed by atoms with van der Waals surface area (Å²) in [5, 5.41) is 3.57. The van der Waals surface area contributed by atoms with Crippen molar-refractivity contribution in [3.05, 3.63) is 0 Å². The first kappa shape index (κ1) is 5.72. The van der Waals surface area contributed by atoms with Crippen LogP contribution in [0.4, 0.5) is 0 Å². The third-order valence-corrected chi connectivity index (χ3v) is 3.32. The number of hydrogen-bond donors (Lipinski definition) is 1. The van der Waals surface area contributed by atoms with Gasteiger partial charge >= 0.3 is 0 Å². The van der Waals surface area contributed by atoms with E-state index in [1.807, 2.05) is 0 Å². The molecule has 2 fully saturated rings. The van der Waals surface area contributed by atoms with Crippen LogP contribution in [0.25, 0.3) is 0 Å². The fourth-order valence-electron chi connectivity index (χ4n) is 2.12. The summed E-state index contributed by atoms with van der Waals surface area (Å²) in [4.78, 5) is 0. The molecule has 1 saturated carbocycles. The Bertz CT molecular complexity index is 129. The molecular weight excluding hydrogens is 110 g/mol. The molecule has 3 atom stereocenters. The van der Waals surface area contributed by atoms with E-state index in [0.29, 0.717) is 5.54 Å². The van der Waals surface area contributed by atoms with E-state index in [0.717, 1.165) is 12.0 Å². The minimum absolute atomic E-state index is 0.648. The Morgan fingerprint density at radius 1 is 1.78 bits per heavy atom. The van der Waals surface area contributed by atoms with Crippen LogP contribution in [0.15, 0.2) is 0 Å². The van der Waals surface area contributed by atoms with Crippen LogP contribution in [0, 0.1) is 5.92 Å². The van der Waals surface area contributed by atoms with Crippen LogP contribution in [0.3, 0.4) is 0 Å². The van der Waals surface area contributed by atoms with Gasteiger partial charge < -0.3 is 5.32 Å². The highest BCUT2D eigenvalue weighted by Gasteiger charge is 2.62. The lowest BCUT2D eigenvalue weighted by Gasteiger charge is -2.28. The van der Waals surface area contributed by atoms with Gasteiger partial charge in [-0.25, -0.2) is 0 Å². The van der Waals surface area contributed by atoms with Crippen molar-refractivity contribution >= 4 is 0 Å². The second kappa shape index (κ2) is 1.51. The van der Waals surface area contributed by atoms with Crippen LogP contribution in [-0.2, 0) is 0 Å². The summed E-state index contributed by atoms with van der Waals surface area (Å²) < 4.78 is 0. The predicted molar refractivity (Wildman–Crippen MR) is 38.3 cm³/mol. The largest absolute Gasteiger partial charge is 0.305 e. The standard InChI is InChI=1S/C8H15N/c1-3-6(2)8-5-4-7(8)9-8/h6-7,9H,3-5H2,1-2H3. The summed E-state index contributed by atoms with van der Waals surface area (Å²) in [5.41, 5.74) is 0.648. The fourth-order valence-corrected chi connectivity index (χ4v) is 2.12. The van der Waals surface area contributed by atoms with E-state index >= 15 is 0 Å². The highest BCUT2D eigenvalue weighted by Crippen LogP contribution is 2.51. The molecule has 0 spiro atoms. The predicted octanol–water partition coefficient (Wildman–Crippen LogP) is 1.54. The highest BCUT2D eigenvalue weighted by molar-refractivity contribution is 5.24. The first-order valence-corrected chi connectivity index (χ1v) is 4.07. The lowest BCUT2D eigenvalue weighted by Crippen LogP contribution is -2.33. The molecule has 0 amide bonds. The normalized spacial score (nSPS) is 49.3. The fraction of sp³-hybridized carbons (Fsp3) is 1.00. The van der Waals surface area contributed by atoms with Crippen molar-refractivity contribution in [2.75, 3.05) is 0 Å². The van der Waals surface area contributed by atoms with E-state index in [-0.39, 0.29) is 0 Å². The van der Waals surface area contributed by atoms with Crippen molar-refractivity contribution in [1.82, 2.24) is 5.32 Å². The Hall–Kier alpha value is -0.0400. The minimum Gasteiger partial charge on any atom is -0.305 e. The van der Waals surface area contributed by atoms with Gasteiger partial charge in [0.05, 0.1) is 0 Å². The van der Waals surface area contributed by atoms with Gasteiger partial charge in [0.25, 0.3) is 0 Å². The molecule has 1 nitrogen and oxygen atoms in total. The van der Waals surface area contributed by atoms with E-state index in [9.17, 15) is 0 Å². The van der Waals surface area contributed by atoms with E-state index in [2.05, 4.69) is 19.2 Å². The Kier molecular flexibility index (Phi) is 0.963. The van der Waals surface area contributed by atoms with Crippen LogP contribution in [0.1, 0.15) is 33.1 Å². The van der Waals surface area contributed by atoms with E-state index < -0.39 is 0 Å². The Morgan fingerprint density at radius 3 is 2.67 bits per heavy atom. The molecule has 0 aromatic rings. The van der Waals surface area contributed by atoms with Crippen LogP contribution in [-0.4, -0.2) is 11.6 Å². The molecule has 2 aliphatic rings. The third-order valence-electron chi connectivity index (χ3n) is 3.32. The maximum absolute atomic E-state index is 3.57. The van der Waals surface area contributed by atoms with Gasteiger partial charge in [-0.2, -0.15) is 0 Å². The van der Waals surface area contributed by atoms with Gasteiger partial charge in [-0.05, 0) is 18.8 Å². The summed E-state index contributed by atoms with van der Waals surface area (Å²) in [6.45, 7) is 4.65. The molecule has 2 rings (SSSR count). The van der Waals surface area contributed by atoms with Crippen LogP contribution in [0.5, 0.6) is 0 Å². The molecule has 0 aromatic heterocycles. The van der Waals surface area contributed by atoms with Gasteiger partial charge in [0.2, 0.25) is 0 Å². The number of fused-ring (bicyclic) bond motifs is 1. The summed E-state index contributed by atoms with van der Waals surface area (Å²) in [7, 11) is 0. The van der Waals surface area contributed by atoms with Gasteiger partial charge in [-0.15, -0.1) is 0 Å². The Labute approximate surface area is 56.8 Å². The van der Waals surface area contributed by atoms with Crippen molar-refractivity contribution in [2.45, 2.75) is 44.7 Å². The monoisotopic (exact) mass is 125 g/mol. The molecule has 1 heterocycles. The second-order valence-corrected chi connectivity index (χ2v) is 3.59. The first-order chi connectivity index (χ1) is 4.29. The first-order valence-electron chi connectivity index (χ1n) is 4.07. The van der Waals surface area contributed by atoms with E-state index in [1.165, 1.54) is 19.3 Å². The molecule has 1 saturated heterocycles. The summed E-state index contributed by atoms with van der Waals surface area (Å²) in [6, 6.07) is 0.924. The zero-order valence-electron chi connectivity index (χ0n) is 6.28. The smallest absolute Gasteiger partial charge is 0.0364 e. The molecule has 0 bridgehead atoms. The minimum atomic E-state index is 0.648. The topological polar surface area (TPSA) is 21.9 Å². The van der Waals surface area contributed by atoms with Crippen LogP contribution < -0.4 is 5.32 Å². The third kappa shape index (κ3) is 0.536. The van der Waals surface area contributed by atoms with Crippen molar-refractivity contribution in [2.24, 2.45) is 5.92 Å². The van der Waals surface area contributed by atoms with Gasteiger partial charge in [0, 0.05) is 11.6 Å². The molecular formula is C8H15N. The SMILES string of the molecule is CCC(C)C12CCC1N2. The Morgan fingerprint density at radius 2 is 2.56 bits per heavy atom. The van der Waals surface area contributed by atoms with Crippen LogP contribution >= 0.6 is 0 Å². The molecule has 3 unspecified atom stereocenters. The van der Waals surface area contributed by atoms with Crippen molar-refractivity contribution in [3.8, 4) is 0 Å². The summed E-state index contributed by atoms with van der Waals surface area (Å²) in [5.74, 6) is 0.913. The zero-order valence-corrected chi connectivity index (χ0v) is 6.28. The van der Waals surface area contributed by atoms with Gasteiger partial charge in [-0.3, -0.25) is 0 Å². The highest BCUT2D eigenvalue weighted by atomic mass is 15.3. The van der Waals surface area contributed by atoms with Crippen molar-refractivity contribution in [1.29, 1.82) is 0 Å². The van der Waals surface area contributed by atoms with Gasteiger partial charge in [-0.1, -0.05) is 20.3 Å². The van der Waals surface area contributed by atoms with Crippen molar-refractivity contribution < 1.29 is 0 Å². The molecule has 0 radical (unpaired) electrons. The van der Waals surface area contributed by atoms with Gasteiger partial charge in [0.1, 0.15) is 0 Å². The van der Waals surface area contributed by atoms with E-state index in [1.54, 1.807) is 0 Å². The molecule has 1 aliphatic heterocycles. The molecule has 0 aromatic carbocycles. The zero-order chi connectivity index (χ0) is 6.48. The van der Waals surface area contributed by atoms with E-state index in [4.69, 9.17) is 0 Å². The molecule has 1 aliphatic carbocycles. The summed E-state index contributed by atoms with van der Waals surface area (Å²) in [6.07, 6.45) is 4.21. The Balaban J connectivity index is 1.99. The number of hydrogen-bond acceptors (Lipinski definition) is 1. The maximum Gasteiger partial charge on any atom is 0.0364 e. The maximum atomic E-state index is 3.57. The lowest BCUT2D eigenvalue weighted by molar-refractivity contribution is 0.308. The molecule has 1 N–H and O–H groups in total. The lowest BCUT2D eigenvalue weighted by atomic mass is 9.75. The molecule has 1 heteroatoms. The number of nitrogens with one attached hydrogen (secondary N) is 1. The van der Waals surface area contributed by atoms with Gasteiger partial charge in [0.15, 0.2) is 0 Å². The van der Waals surface area contributed by atoms with Crippen LogP contribution in [0.2, 0.25) is 0 Å². The number of rotatable bonds is 2. The van der Waals surface area contributed by atoms with Crippen molar-refractivity contribution in [3.63, 3.8) is 0 Å².